The standard InChI is InChI=1S/C20H32N4O2S/c1-4-5-11-27(25,26)12-7-6-10-24-17(13-16-8-9-16)23-18-19(24)14(2)15(3)22-20(18)21/h16H,4-13H2,1-3H3,(H2,21,22). The SMILES string of the molecule is CCCCS(=O)(=O)CCCCn1c(CC2CC2)nc2c(N)nc(C)c(C)c21. The highest BCUT2D eigenvalue weighted by molar-refractivity contribution is 7.91. The topological polar surface area (TPSA) is 90.9 Å². The number of nitrogens with zero attached hydrogens (tertiary/aromatic N) is 3. The third-order valence-electron chi connectivity index (χ3n) is 5.54. The molecular weight excluding hydrogens is 360 g/mol. The molecule has 150 valence electrons. The van der Waals surface area contributed by atoms with Gasteiger partial charge in [0.2, 0.25) is 0 Å². The molecule has 0 radical (unpaired) electrons. The van der Waals surface area contributed by atoms with Crippen LogP contribution < -0.4 is 5.73 Å². The molecule has 6 nitrogen and oxygen atoms in total. The molecular formula is C20H32N4O2S. The molecule has 0 aliphatic heterocycles. The van der Waals surface area contributed by atoms with E-state index in [4.69, 9.17) is 10.7 Å². The lowest BCUT2D eigenvalue weighted by atomic mass is 10.2. The Balaban J connectivity index is 1.78. The lowest BCUT2D eigenvalue weighted by Gasteiger charge is -2.12. The molecule has 0 bridgehead atoms. The highest BCUT2D eigenvalue weighted by atomic mass is 32.2. The fourth-order valence-electron chi connectivity index (χ4n) is 3.58. The van der Waals surface area contributed by atoms with Crippen LogP contribution in [0.1, 0.15) is 62.5 Å². The first-order valence-corrected chi connectivity index (χ1v) is 12.0. The van der Waals surface area contributed by atoms with Gasteiger partial charge in [-0.15, -0.1) is 0 Å². The lowest BCUT2D eigenvalue weighted by molar-refractivity contribution is 0.575. The molecule has 27 heavy (non-hydrogen) atoms. The number of unbranched alkanes of at least 4 members (excludes halogenated alkanes) is 2. The van der Waals surface area contributed by atoms with Crippen LogP contribution in [0, 0.1) is 19.8 Å². The van der Waals surface area contributed by atoms with Crippen molar-refractivity contribution in [1.82, 2.24) is 14.5 Å². The third-order valence-corrected chi connectivity index (χ3v) is 7.36. The quantitative estimate of drug-likeness (QED) is 0.624. The zero-order valence-corrected chi connectivity index (χ0v) is 17.6. The molecule has 1 saturated carbocycles. The van der Waals surface area contributed by atoms with Crippen LogP contribution in [0.3, 0.4) is 0 Å². The summed E-state index contributed by atoms with van der Waals surface area (Å²) in [4.78, 5) is 9.25. The molecule has 2 heterocycles. The van der Waals surface area contributed by atoms with Gasteiger partial charge in [0.15, 0.2) is 5.82 Å². The first kappa shape index (κ1) is 20.1. The van der Waals surface area contributed by atoms with Gasteiger partial charge in [-0.25, -0.2) is 18.4 Å². The molecule has 1 aliphatic carbocycles. The number of anilines is 1. The van der Waals surface area contributed by atoms with Crippen LogP contribution in [0.2, 0.25) is 0 Å². The Morgan fingerprint density at radius 2 is 1.81 bits per heavy atom. The average Bonchev–Trinajstić information content (AvgIpc) is 3.35. The highest BCUT2D eigenvalue weighted by Crippen LogP contribution is 2.34. The lowest BCUT2D eigenvalue weighted by Crippen LogP contribution is -2.12. The largest absolute Gasteiger partial charge is 0.382 e. The fraction of sp³-hybridized carbons (Fsp3) is 0.700. The maximum absolute atomic E-state index is 12.1. The number of fused-ring (bicyclic) bond motifs is 1. The van der Waals surface area contributed by atoms with Crippen molar-refractivity contribution in [3.05, 3.63) is 17.1 Å². The monoisotopic (exact) mass is 392 g/mol. The summed E-state index contributed by atoms with van der Waals surface area (Å²) < 4.78 is 26.4. The van der Waals surface area contributed by atoms with Crippen LogP contribution in [0.4, 0.5) is 5.82 Å². The number of nitrogen functional groups attached to an aromatic ring is 1. The molecule has 0 unspecified atom stereocenters. The van der Waals surface area contributed by atoms with Gasteiger partial charge in [-0.3, -0.25) is 0 Å². The summed E-state index contributed by atoms with van der Waals surface area (Å²) in [6.45, 7) is 6.85. The Morgan fingerprint density at radius 1 is 1.11 bits per heavy atom. The predicted molar refractivity (Wildman–Crippen MR) is 111 cm³/mol. The van der Waals surface area contributed by atoms with Crippen LogP contribution in [-0.4, -0.2) is 34.5 Å². The molecule has 2 N–H and O–H groups in total. The molecule has 0 aromatic carbocycles. The second-order valence-corrected chi connectivity index (χ2v) is 10.2. The fourth-order valence-corrected chi connectivity index (χ4v) is 5.16. The number of rotatable bonds is 10. The number of pyridine rings is 1. The first-order valence-electron chi connectivity index (χ1n) is 10.1. The number of hydrogen-bond donors (Lipinski definition) is 1. The second-order valence-electron chi connectivity index (χ2n) is 7.94. The van der Waals surface area contributed by atoms with Crippen molar-refractivity contribution >= 4 is 26.7 Å². The number of aryl methyl sites for hydroxylation is 3. The number of sulfone groups is 1. The van der Waals surface area contributed by atoms with E-state index in [-0.39, 0.29) is 5.75 Å². The van der Waals surface area contributed by atoms with E-state index in [1.165, 1.54) is 12.8 Å². The van der Waals surface area contributed by atoms with Crippen LogP contribution in [0.15, 0.2) is 0 Å². The van der Waals surface area contributed by atoms with Crippen molar-refractivity contribution in [3.63, 3.8) is 0 Å². The Kier molecular flexibility index (Phi) is 6.08. The van der Waals surface area contributed by atoms with Gasteiger partial charge in [0.1, 0.15) is 21.2 Å². The Labute approximate surface area is 162 Å². The number of hydrogen-bond acceptors (Lipinski definition) is 5. The maximum atomic E-state index is 12.1. The molecule has 0 saturated heterocycles. The minimum Gasteiger partial charge on any atom is -0.382 e. The van der Waals surface area contributed by atoms with E-state index >= 15 is 0 Å². The van der Waals surface area contributed by atoms with Crippen LogP contribution in [-0.2, 0) is 22.8 Å². The molecule has 2 aromatic rings. The minimum atomic E-state index is -2.92. The summed E-state index contributed by atoms with van der Waals surface area (Å²) >= 11 is 0. The van der Waals surface area contributed by atoms with Crippen molar-refractivity contribution in [2.75, 3.05) is 17.2 Å². The van der Waals surface area contributed by atoms with Gasteiger partial charge in [-0.05, 0) is 57.4 Å². The van der Waals surface area contributed by atoms with Crippen LogP contribution in [0.25, 0.3) is 11.0 Å². The smallest absolute Gasteiger partial charge is 0.151 e. The Hall–Kier alpha value is -1.63. The van der Waals surface area contributed by atoms with Gasteiger partial charge < -0.3 is 10.3 Å². The number of nitrogens with two attached hydrogens (primary N) is 1. The average molecular weight is 393 g/mol. The summed E-state index contributed by atoms with van der Waals surface area (Å²) in [5.41, 5.74) is 10.1. The van der Waals surface area contributed by atoms with Gasteiger partial charge in [0, 0.05) is 18.7 Å². The van der Waals surface area contributed by atoms with E-state index in [2.05, 4.69) is 16.5 Å². The predicted octanol–water partition coefficient (Wildman–Crippen LogP) is 3.58. The third kappa shape index (κ3) is 4.81. The number of imidazole rings is 1. The zero-order valence-electron chi connectivity index (χ0n) is 16.8. The van der Waals surface area contributed by atoms with Gasteiger partial charge in [0.05, 0.1) is 17.0 Å². The summed E-state index contributed by atoms with van der Waals surface area (Å²) in [5, 5.41) is 0. The molecule has 1 aliphatic rings. The molecule has 0 amide bonds. The Morgan fingerprint density at radius 3 is 2.48 bits per heavy atom. The van der Waals surface area contributed by atoms with Gasteiger partial charge >= 0.3 is 0 Å². The van der Waals surface area contributed by atoms with Crippen molar-refractivity contribution < 1.29 is 8.42 Å². The first-order chi connectivity index (χ1) is 12.8. The van der Waals surface area contributed by atoms with E-state index in [9.17, 15) is 8.42 Å². The van der Waals surface area contributed by atoms with Crippen molar-refractivity contribution in [2.45, 2.75) is 72.3 Å². The summed E-state index contributed by atoms with van der Waals surface area (Å²) in [6, 6.07) is 0. The Bertz CT molecular complexity index is 914. The van der Waals surface area contributed by atoms with Crippen molar-refractivity contribution in [2.24, 2.45) is 5.92 Å². The normalized spacial score (nSPS) is 14.9. The molecule has 1 fully saturated rings. The molecule has 2 aromatic heterocycles. The zero-order chi connectivity index (χ0) is 19.6. The van der Waals surface area contributed by atoms with E-state index in [0.29, 0.717) is 18.0 Å². The summed E-state index contributed by atoms with van der Waals surface area (Å²) in [7, 11) is -2.92. The van der Waals surface area contributed by atoms with Crippen LogP contribution >= 0.6 is 0 Å². The van der Waals surface area contributed by atoms with Gasteiger partial charge in [-0.1, -0.05) is 13.3 Å². The van der Waals surface area contributed by atoms with E-state index < -0.39 is 9.84 Å². The van der Waals surface area contributed by atoms with Crippen LogP contribution in [0.5, 0.6) is 0 Å². The molecule has 0 spiro atoms. The second kappa shape index (κ2) is 8.17. The minimum absolute atomic E-state index is 0.277. The van der Waals surface area contributed by atoms with E-state index in [1.54, 1.807) is 0 Å². The number of aromatic nitrogens is 3. The molecule has 3 rings (SSSR count). The van der Waals surface area contributed by atoms with Gasteiger partial charge in [0.25, 0.3) is 0 Å². The summed E-state index contributed by atoms with van der Waals surface area (Å²) in [5.74, 6) is 2.88. The molecule has 0 atom stereocenters. The van der Waals surface area contributed by atoms with Gasteiger partial charge in [-0.2, -0.15) is 0 Å². The highest BCUT2D eigenvalue weighted by Gasteiger charge is 2.26. The summed E-state index contributed by atoms with van der Waals surface area (Å²) in [6.07, 6.45) is 6.70. The van der Waals surface area contributed by atoms with E-state index in [1.807, 2.05) is 13.8 Å². The van der Waals surface area contributed by atoms with Crippen molar-refractivity contribution in [1.29, 1.82) is 0 Å². The van der Waals surface area contributed by atoms with E-state index in [0.717, 1.165) is 66.3 Å². The maximum Gasteiger partial charge on any atom is 0.151 e. The molecule has 7 heteroatoms. The van der Waals surface area contributed by atoms with Crippen molar-refractivity contribution in [3.8, 4) is 0 Å².